The van der Waals surface area contributed by atoms with Gasteiger partial charge in [-0.2, -0.15) is 0 Å². The molecule has 0 aliphatic heterocycles. The van der Waals surface area contributed by atoms with Gasteiger partial charge in [0.25, 0.3) is 0 Å². The van der Waals surface area contributed by atoms with E-state index in [0.29, 0.717) is 5.82 Å². The molecule has 3 aromatic heterocycles. The molecule has 0 aliphatic carbocycles. The predicted octanol–water partition coefficient (Wildman–Crippen LogP) is 13.3. The molecule has 0 fully saturated rings. The molecule has 4 heteroatoms. The van der Waals surface area contributed by atoms with E-state index in [2.05, 4.69) is 150 Å². The molecule has 0 unspecified atom stereocenters. The summed E-state index contributed by atoms with van der Waals surface area (Å²) in [6, 6.07) is 65.9. The van der Waals surface area contributed by atoms with E-state index in [9.17, 15) is 0 Å². The fourth-order valence-corrected chi connectivity index (χ4v) is 8.10. The first-order valence-corrected chi connectivity index (χ1v) is 18.2. The van der Waals surface area contributed by atoms with Gasteiger partial charge in [-0.05, 0) is 58.3 Å². The zero-order chi connectivity index (χ0) is 35.6. The quantitative estimate of drug-likeness (QED) is 0.181. The van der Waals surface area contributed by atoms with E-state index in [1.54, 1.807) is 0 Å². The summed E-state index contributed by atoms with van der Waals surface area (Å²) in [7, 11) is 0. The first kappa shape index (κ1) is 30.3. The second kappa shape index (κ2) is 12.1. The van der Waals surface area contributed by atoms with Crippen molar-refractivity contribution in [3.8, 4) is 50.7 Å². The first-order valence-electron chi connectivity index (χ1n) is 18.2. The van der Waals surface area contributed by atoms with Crippen LogP contribution in [-0.2, 0) is 0 Å². The molecule has 8 aromatic carbocycles. The van der Waals surface area contributed by atoms with Gasteiger partial charge in [-0.1, -0.05) is 152 Å². The van der Waals surface area contributed by atoms with Crippen LogP contribution in [0.1, 0.15) is 0 Å². The molecule has 0 spiro atoms. The second-order valence-corrected chi connectivity index (χ2v) is 13.7. The van der Waals surface area contributed by atoms with Gasteiger partial charge in [0.1, 0.15) is 5.58 Å². The van der Waals surface area contributed by atoms with Crippen molar-refractivity contribution in [2.45, 2.75) is 0 Å². The highest BCUT2D eigenvalue weighted by Crippen LogP contribution is 2.46. The number of furan rings is 1. The highest BCUT2D eigenvalue weighted by molar-refractivity contribution is 6.35. The topological polar surface area (TPSA) is 43.9 Å². The van der Waals surface area contributed by atoms with Crippen molar-refractivity contribution in [3.63, 3.8) is 0 Å². The van der Waals surface area contributed by atoms with Crippen LogP contribution in [0.3, 0.4) is 0 Å². The third-order valence-electron chi connectivity index (χ3n) is 10.6. The maximum atomic E-state index is 6.78. The minimum atomic E-state index is 0.699. The highest BCUT2D eigenvalue weighted by Gasteiger charge is 2.23. The number of nitrogens with zero attached hydrogens (tertiary/aromatic N) is 3. The summed E-state index contributed by atoms with van der Waals surface area (Å²) < 4.78 is 9.15. The number of rotatable bonds is 5. The summed E-state index contributed by atoms with van der Waals surface area (Å²) in [6.07, 6.45) is 0. The molecule has 0 saturated heterocycles. The lowest BCUT2D eigenvalue weighted by Gasteiger charge is -2.10. The van der Waals surface area contributed by atoms with Crippen LogP contribution in [0, 0.1) is 0 Å². The number of aromatic nitrogens is 3. The van der Waals surface area contributed by atoms with E-state index in [1.807, 2.05) is 42.5 Å². The first-order chi connectivity index (χ1) is 26.8. The second-order valence-electron chi connectivity index (χ2n) is 13.7. The molecule has 11 rings (SSSR count). The van der Waals surface area contributed by atoms with E-state index in [1.165, 1.54) is 21.5 Å². The van der Waals surface area contributed by atoms with Crippen LogP contribution in [0.4, 0.5) is 0 Å². The van der Waals surface area contributed by atoms with Crippen LogP contribution in [0.25, 0.3) is 105 Å². The molecule has 0 bridgehead atoms. The van der Waals surface area contributed by atoms with Crippen LogP contribution >= 0.6 is 0 Å². The third kappa shape index (κ3) is 4.78. The smallest absolute Gasteiger partial charge is 0.160 e. The minimum Gasteiger partial charge on any atom is -0.454 e. The summed E-state index contributed by atoms with van der Waals surface area (Å²) in [5.41, 5.74) is 12.3. The molecule has 0 radical (unpaired) electrons. The van der Waals surface area contributed by atoms with Gasteiger partial charge in [-0.3, -0.25) is 0 Å². The Morgan fingerprint density at radius 1 is 0.389 bits per heavy atom. The molecule has 0 N–H and O–H groups in total. The van der Waals surface area contributed by atoms with E-state index in [-0.39, 0.29) is 0 Å². The number of hydrogen-bond donors (Lipinski definition) is 0. The Hall–Kier alpha value is -7.30. The third-order valence-corrected chi connectivity index (χ3v) is 10.6. The lowest BCUT2D eigenvalue weighted by Crippen LogP contribution is -1.96. The van der Waals surface area contributed by atoms with E-state index < -0.39 is 0 Å². The zero-order valence-electron chi connectivity index (χ0n) is 29.1. The molecule has 252 valence electrons. The van der Waals surface area contributed by atoms with E-state index in [0.717, 1.165) is 77.9 Å². The summed E-state index contributed by atoms with van der Waals surface area (Å²) in [4.78, 5) is 10.1. The van der Waals surface area contributed by atoms with Crippen LogP contribution in [-0.4, -0.2) is 14.5 Å². The molecule has 3 heterocycles. The van der Waals surface area contributed by atoms with Crippen molar-refractivity contribution in [2.75, 3.05) is 0 Å². The Morgan fingerprint density at radius 2 is 0.926 bits per heavy atom. The number of para-hydroxylation sites is 2. The van der Waals surface area contributed by atoms with Crippen LogP contribution in [0.5, 0.6) is 0 Å². The Kier molecular flexibility index (Phi) is 6.82. The fourth-order valence-electron chi connectivity index (χ4n) is 8.10. The Labute approximate surface area is 311 Å². The molecular weight excluding hydrogens is 659 g/mol. The zero-order valence-corrected chi connectivity index (χ0v) is 29.1. The summed E-state index contributed by atoms with van der Waals surface area (Å²) >= 11 is 0. The standard InChI is InChI=1S/C50H31N3O/c1-4-14-33(15-5-1)42-31-43(34-16-6-2-7-17-34)52-50(51-42)35-26-24-32(25-27-35)36-28-29-44-41(30-36)46-38-20-10-11-21-39(38)47-40-22-12-13-23-45(40)54-49(47)48(46)53(44)37-18-8-3-9-19-37/h1-31H. The molecule has 4 nitrogen and oxygen atoms in total. The van der Waals surface area contributed by atoms with Gasteiger partial charge >= 0.3 is 0 Å². The molecule has 0 amide bonds. The predicted molar refractivity (Wildman–Crippen MR) is 223 cm³/mol. The normalized spacial score (nSPS) is 11.7. The Balaban J connectivity index is 1.11. The van der Waals surface area contributed by atoms with E-state index in [4.69, 9.17) is 14.4 Å². The van der Waals surface area contributed by atoms with Crippen LogP contribution < -0.4 is 0 Å². The highest BCUT2D eigenvalue weighted by atomic mass is 16.3. The average Bonchev–Trinajstić information content (AvgIpc) is 3.81. The summed E-state index contributed by atoms with van der Waals surface area (Å²) in [5.74, 6) is 0.699. The average molecular weight is 690 g/mol. The van der Waals surface area contributed by atoms with Gasteiger partial charge in [-0.15, -0.1) is 0 Å². The van der Waals surface area contributed by atoms with Crippen molar-refractivity contribution in [1.29, 1.82) is 0 Å². The monoisotopic (exact) mass is 689 g/mol. The Morgan fingerprint density at radius 3 is 1.59 bits per heavy atom. The maximum absolute atomic E-state index is 6.78. The molecule has 54 heavy (non-hydrogen) atoms. The molecular formula is C50H31N3O. The van der Waals surface area contributed by atoms with Crippen LogP contribution in [0.2, 0.25) is 0 Å². The van der Waals surface area contributed by atoms with E-state index >= 15 is 0 Å². The largest absolute Gasteiger partial charge is 0.454 e. The van der Waals surface area contributed by atoms with Crippen molar-refractivity contribution in [3.05, 3.63) is 188 Å². The van der Waals surface area contributed by atoms with Gasteiger partial charge in [0, 0.05) is 43.9 Å². The molecule has 0 aliphatic rings. The van der Waals surface area contributed by atoms with Crippen molar-refractivity contribution in [2.24, 2.45) is 0 Å². The summed E-state index contributed by atoms with van der Waals surface area (Å²) in [6.45, 7) is 0. The van der Waals surface area contributed by atoms with Crippen molar-refractivity contribution >= 4 is 54.5 Å². The Bertz CT molecular complexity index is 3120. The molecule has 0 saturated carbocycles. The van der Waals surface area contributed by atoms with Gasteiger partial charge < -0.3 is 8.98 Å². The van der Waals surface area contributed by atoms with Gasteiger partial charge in [0.05, 0.1) is 22.4 Å². The maximum Gasteiger partial charge on any atom is 0.160 e. The lowest BCUT2D eigenvalue weighted by molar-refractivity contribution is 0.671. The molecule has 11 aromatic rings. The molecule has 0 atom stereocenters. The number of hydrogen-bond acceptors (Lipinski definition) is 3. The number of fused-ring (bicyclic) bond motifs is 10. The van der Waals surface area contributed by atoms with Gasteiger partial charge in [0.2, 0.25) is 0 Å². The van der Waals surface area contributed by atoms with Crippen molar-refractivity contribution in [1.82, 2.24) is 14.5 Å². The fraction of sp³-hybridized carbons (Fsp3) is 0. The minimum absolute atomic E-state index is 0.699. The summed E-state index contributed by atoms with van der Waals surface area (Å²) in [5, 5.41) is 7.06. The number of benzene rings is 8. The van der Waals surface area contributed by atoms with Gasteiger partial charge in [0.15, 0.2) is 11.4 Å². The van der Waals surface area contributed by atoms with Gasteiger partial charge in [-0.25, -0.2) is 9.97 Å². The van der Waals surface area contributed by atoms with Crippen LogP contribution in [0.15, 0.2) is 192 Å². The lowest BCUT2D eigenvalue weighted by atomic mass is 9.97. The SMILES string of the molecule is c1ccc(-c2cc(-c3ccccc3)nc(-c3ccc(-c4ccc5c(c4)c4c6ccccc6c6c7ccccc7oc6c4n5-c4ccccc4)cc3)n2)cc1. The van der Waals surface area contributed by atoms with Crippen molar-refractivity contribution < 1.29 is 4.42 Å².